The largest absolute Gasteiger partial charge is 0.493 e. The standard InChI is InChI=1S/C32H29NO7S2.C2H4O2/c1-5-38-27-17-21(11-13-25(27)40-31(35)29-19(2)22-8-6-7-9-23(22)39-29)18-28-30(34)33(32(41)42-28)15-14-20-10-12-24(36-3)26(16-20)37-4;1-2(3)4/h6-13,16-18H,5,14-15H2,1-4H3;1H3,(H,3,4)/b28-18+;. The molecule has 4 aromatic rings. The monoisotopic (exact) mass is 663 g/mol. The Kier molecular flexibility index (Phi) is 11.4. The molecule has 0 radical (unpaired) electrons. The molecule has 3 aromatic carbocycles. The summed E-state index contributed by atoms with van der Waals surface area (Å²) in [7, 11) is 3.17. The Balaban J connectivity index is 0.00000113. The molecule has 1 fully saturated rings. The fraction of sp³-hybridized carbons (Fsp3) is 0.235. The van der Waals surface area contributed by atoms with Crippen molar-refractivity contribution in [3.8, 4) is 23.0 Å². The van der Waals surface area contributed by atoms with Gasteiger partial charge in [0, 0.05) is 24.4 Å². The van der Waals surface area contributed by atoms with E-state index in [0.717, 1.165) is 17.9 Å². The average molecular weight is 664 g/mol. The van der Waals surface area contributed by atoms with Crippen LogP contribution < -0.4 is 18.9 Å². The Morgan fingerprint density at radius 3 is 2.37 bits per heavy atom. The van der Waals surface area contributed by atoms with Crippen LogP contribution in [-0.4, -0.2) is 59.5 Å². The molecule has 10 nitrogen and oxygen atoms in total. The molecule has 0 saturated carbocycles. The number of para-hydroxylation sites is 1. The average Bonchev–Trinajstić information content (AvgIpc) is 3.51. The minimum atomic E-state index is -0.833. The zero-order chi connectivity index (χ0) is 33.4. The van der Waals surface area contributed by atoms with E-state index in [2.05, 4.69) is 0 Å². The molecule has 46 heavy (non-hydrogen) atoms. The van der Waals surface area contributed by atoms with Crippen molar-refractivity contribution in [2.75, 3.05) is 27.4 Å². The third kappa shape index (κ3) is 8.06. The number of furan rings is 1. The first-order chi connectivity index (χ1) is 22.1. The minimum Gasteiger partial charge on any atom is -0.493 e. The van der Waals surface area contributed by atoms with Crippen LogP contribution in [0, 0.1) is 6.92 Å². The van der Waals surface area contributed by atoms with Gasteiger partial charge in [0.15, 0.2) is 23.0 Å². The second-order valence-corrected chi connectivity index (χ2v) is 11.5. The zero-order valence-electron chi connectivity index (χ0n) is 25.9. The van der Waals surface area contributed by atoms with Crippen molar-refractivity contribution in [3.63, 3.8) is 0 Å². The number of carbonyl (C=O) groups excluding carboxylic acids is 2. The van der Waals surface area contributed by atoms with Crippen LogP contribution >= 0.6 is 24.0 Å². The number of esters is 1. The first-order valence-electron chi connectivity index (χ1n) is 14.2. The molecule has 1 saturated heterocycles. The van der Waals surface area contributed by atoms with Crippen molar-refractivity contribution in [1.29, 1.82) is 0 Å². The summed E-state index contributed by atoms with van der Waals surface area (Å²) in [6, 6.07) is 18.2. The lowest BCUT2D eigenvalue weighted by Crippen LogP contribution is -2.30. The second kappa shape index (κ2) is 15.5. The van der Waals surface area contributed by atoms with E-state index in [9.17, 15) is 9.59 Å². The van der Waals surface area contributed by atoms with Crippen molar-refractivity contribution in [1.82, 2.24) is 4.90 Å². The van der Waals surface area contributed by atoms with Crippen molar-refractivity contribution in [2.24, 2.45) is 0 Å². The van der Waals surface area contributed by atoms with Crippen molar-refractivity contribution in [3.05, 3.63) is 88.0 Å². The van der Waals surface area contributed by atoms with Crippen molar-refractivity contribution < 1.29 is 42.9 Å². The molecule has 1 N–H and O–H groups in total. The number of hydrogen-bond donors (Lipinski definition) is 1. The summed E-state index contributed by atoms with van der Waals surface area (Å²) >= 11 is 6.77. The molecular weight excluding hydrogens is 631 g/mol. The maximum Gasteiger partial charge on any atom is 0.380 e. The molecule has 1 aromatic heterocycles. The normalized spacial score (nSPS) is 13.4. The molecule has 2 heterocycles. The number of amides is 1. The highest BCUT2D eigenvalue weighted by atomic mass is 32.2. The number of carbonyl (C=O) groups is 3. The number of carboxylic acid groups (broad SMARTS) is 1. The molecule has 0 unspecified atom stereocenters. The van der Waals surface area contributed by atoms with Gasteiger partial charge in [-0.1, -0.05) is 54.3 Å². The van der Waals surface area contributed by atoms with E-state index in [-0.39, 0.29) is 17.4 Å². The maximum absolute atomic E-state index is 13.2. The summed E-state index contributed by atoms with van der Waals surface area (Å²) in [6.07, 6.45) is 2.35. The van der Waals surface area contributed by atoms with Crippen LogP contribution in [0.4, 0.5) is 0 Å². The summed E-state index contributed by atoms with van der Waals surface area (Å²) < 4.78 is 28.4. The number of rotatable bonds is 10. The summed E-state index contributed by atoms with van der Waals surface area (Å²) in [6.45, 7) is 5.53. The van der Waals surface area contributed by atoms with Crippen LogP contribution in [-0.2, 0) is 16.0 Å². The minimum absolute atomic E-state index is 0.138. The number of fused-ring (bicyclic) bond motifs is 1. The molecule has 0 spiro atoms. The van der Waals surface area contributed by atoms with E-state index in [1.165, 1.54) is 11.8 Å². The fourth-order valence-corrected chi connectivity index (χ4v) is 5.91. The Morgan fingerprint density at radius 1 is 1.00 bits per heavy atom. The maximum atomic E-state index is 13.2. The molecule has 0 atom stereocenters. The summed E-state index contributed by atoms with van der Waals surface area (Å²) in [5, 5.41) is 8.27. The van der Waals surface area contributed by atoms with Crippen LogP contribution in [0.25, 0.3) is 17.0 Å². The summed E-state index contributed by atoms with van der Waals surface area (Å²) in [5.74, 6) is 0.420. The molecule has 1 aliphatic heterocycles. The number of thioether (sulfide) groups is 1. The van der Waals surface area contributed by atoms with Crippen LogP contribution in [0.3, 0.4) is 0 Å². The lowest BCUT2D eigenvalue weighted by Gasteiger charge is -2.15. The van der Waals surface area contributed by atoms with Gasteiger partial charge >= 0.3 is 5.97 Å². The molecule has 1 aliphatic rings. The van der Waals surface area contributed by atoms with Crippen LogP contribution in [0.2, 0.25) is 0 Å². The topological polar surface area (TPSA) is 125 Å². The van der Waals surface area contributed by atoms with E-state index >= 15 is 0 Å². The highest BCUT2D eigenvalue weighted by Crippen LogP contribution is 2.36. The fourth-order valence-electron chi connectivity index (χ4n) is 4.60. The van der Waals surface area contributed by atoms with E-state index in [4.69, 9.17) is 45.5 Å². The van der Waals surface area contributed by atoms with Crippen molar-refractivity contribution in [2.45, 2.75) is 27.2 Å². The smallest absolute Gasteiger partial charge is 0.380 e. The van der Waals surface area contributed by atoms with Gasteiger partial charge in [0.25, 0.3) is 11.9 Å². The molecule has 5 rings (SSSR count). The van der Waals surface area contributed by atoms with Crippen molar-refractivity contribution >= 4 is 63.2 Å². The zero-order valence-corrected chi connectivity index (χ0v) is 27.6. The Labute approximate surface area is 275 Å². The van der Waals surface area contributed by atoms with Gasteiger partial charge in [-0.3, -0.25) is 14.5 Å². The lowest BCUT2D eigenvalue weighted by molar-refractivity contribution is -0.134. The van der Waals surface area contributed by atoms with Gasteiger partial charge in [0.1, 0.15) is 9.90 Å². The quantitative estimate of drug-likeness (QED) is 0.0824. The predicted molar refractivity (Wildman–Crippen MR) is 180 cm³/mol. The Bertz CT molecular complexity index is 1810. The molecule has 12 heteroatoms. The van der Waals surface area contributed by atoms with Gasteiger partial charge in [-0.25, -0.2) is 4.79 Å². The molecule has 1 amide bonds. The van der Waals surface area contributed by atoms with Gasteiger partial charge < -0.3 is 28.5 Å². The SMILES string of the molecule is CC(=O)O.CCOc1cc(/C=C2/SC(=S)N(CCc3ccc(OC)c(OC)c3)C2=O)ccc1OC(=O)c1oc2ccccc2c1C. The number of aliphatic carboxylic acids is 1. The number of methoxy groups -OCH3 is 2. The molecule has 0 aliphatic carbocycles. The number of hydrogen-bond acceptors (Lipinski definition) is 10. The second-order valence-electron chi connectivity index (χ2n) is 9.87. The van der Waals surface area contributed by atoms with Gasteiger partial charge in [-0.15, -0.1) is 0 Å². The van der Waals surface area contributed by atoms with Crippen LogP contribution in [0.1, 0.15) is 41.1 Å². The van der Waals surface area contributed by atoms with E-state index in [0.29, 0.717) is 62.8 Å². The molecule has 0 bridgehead atoms. The van der Waals surface area contributed by atoms with Gasteiger partial charge in [-0.05, 0) is 67.8 Å². The number of ether oxygens (including phenoxy) is 4. The third-order valence-electron chi connectivity index (χ3n) is 6.74. The first-order valence-corrected chi connectivity index (χ1v) is 15.4. The number of carboxylic acids is 1. The number of nitrogens with zero attached hydrogens (tertiary/aromatic N) is 1. The Morgan fingerprint density at radius 2 is 1.70 bits per heavy atom. The third-order valence-corrected chi connectivity index (χ3v) is 8.12. The van der Waals surface area contributed by atoms with Crippen LogP contribution in [0.15, 0.2) is 70.0 Å². The van der Waals surface area contributed by atoms with E-state index in [1.54, 1.807) is 49.5 Å². The number of thiocarbonyl (C=S) groups is 1. The predicted octanol–water partition coefficient (Wildman–Crippen LogP) is 6.91. The molecular formula is C34H33NO9S2. The number of benzene rings is 3. The first kappa shape index (κ1) is 34.1. The summed E-state index contributed by atoms with van der Waals surface area (Å²) in [4.78, 5) is 37.3. The highest BCUT2D eigenvalue weighted by Gasteiger charge is 2.32. The van der Waals surface area contributed by atoms with Gasteiger partial charge in [-0.2, -0.15) is 0 Å². The van der Waals surface area contributed by atoms with E-state index in [1.807, 2.05) is 50.2 Å². The lowest BCUT2D eigenvalue weighted by atomic mass is 10.1. The van der Waals surface area contributed by atoms with Gasteiger partial charge in [0.2, 0.25) is 5.76 Å². The number of aryl methyl sites for hydroxylation is 1. The Hall–Kier alpha value is -4.81. The van der Waals surface area contributed by atoms with Crippen LogP contribution in [0.5, 0.6) is 23.0 Å². The van der Waals surface area contributed by atoms with E-state index < -0.39 is 11.9 Å². The molecule has 240 valence electrons. The van der Waals surface area contributed by atoms with Gasteiger partial charge in [0.05, 0.1) is 25.7 Å². The highest BCUT2D eigenvalue weighted by molar-refractivity contribution is 8.26. The summed E-state index contributed by atoms with van der Waals surface area (Å²) in [5.41, 5.74) is 3.02.